The number of carbonyl (C=O) groups excluding carboxylic acids is 2. The molecule has 0 spiro atoms. The molecule has 1 saturated heterocycles. The Kier molecular flexibility index (Phi) is 5.77. The van der Waals surface area contributed by atoms with Gasteiger partial charge < -0.3 is 14.2 Å². The van der Waals surface area contributed by atoms with Crippen LogP contribution in [0.25, 0.3) is 0 Å². The Labute approximate surface area is 165 Å². The number of cyclic esters (lactones) is 1. The highest BCUT2D eigenvalue weighted by molar-refractivity contribution is 7.90. The van der Waals surface area contributed by atoms with E-state index < -0.39 is 27.9 Å². The molecule has 1 atom stereocenters. The summed E-state index contributed by atoms with van der Waals surface area (Å²) in [5.41, 5.74) is 0.00889. The Morgan fingerprint density at radius 2 is 1.93 bits per heavy atom. The predicted molar refractivity (Wildman–Crippen MR) is 97.0 cm³/mol. The summed E-state index contributed by atoms with van der Waals surface area (Å²) in [6, 6.07) is 2.88. The van der Waals surface area contributed by atoms with Gasteiger partial charge in [-0.3, -0.25) is 15.1 Å². The molecule has 1 unspecified atom stereocenters. The molecule has 1 aliphatic rings. The van der Waals surface area contributed by atoms with Gasteiger partial charge in [-0.2, -0.15) is 9.97 Å². The molecule has 2 amide bonds. The van der Waals surface area contributed by atoms with E-state index in [1.807, 2.05) is 4.72 Å². The number of carbonyl (C=O) groups is 2. The zero-order chi connectivity index (χ0) is 21.0. The molecule has 29 heavy (non-hydrogen) atoms. The topological polar surface area (TPSA) is 159 Å². The minimum absolute atomic E-state index is 0.00889. The van der Waals surface area contributed by atoms with Gasteiger partial charge in [-0.1, -0.05) is 0 Å². The Hall–Kier alpha value is -3.48. The molecular formula is C16H17N5O7S. The summed E-state index contributed by atoms with van der Waals surface area (Å²) in [6.45, 7) is 0.169. The first-order chi connectivity index (χ1) is 13.8. The minimum atomic E-state index is -4.35. The van der Waals surface area contributed by atoms with Crippen LogP contribution >= 0.6 is 0 Å². The fourth-order valence-electron chi connectivity index (χ4n) is 2.61. The first-order valence-corrected chi connectivity index (χ1v) is 9.75. The highest BCUT2D eigenvalue weighted by atomic mass is 32.2. The number of urea groups is 1. The molecule has 0 radical (unpaired) electrons. The first-order valence-electron chi connectivity index (χ1n) is 8.26. The number of aromatic nitrogens is 3. The van der Waals surface area contributed by atoms with E-state index >= 15 is 0 Å². The molecule has 13 heteroatoms. The van der Waals surface area contributed by atoms with Gasteiger partial charge in [-0.05, 0) is 12.1 Å². The summed E-state index contributed by atoms with van der Waals surface area (Å²) in [5, 5.41) is 2.19. The number of ether oxygens (including phenoxy) is 3. The van der Waals surface area contributed by atoms with Gasteiger partial charge in [0.25, 0.3) is 10.0 Å². The highest BCUT2D eigenvalue weighted by Crippen LogP contribution is 2.29. The number of rotatable bonds is 6. The van der Waals surface area contributed by atoms with Crippen LogP contribution in [0.5, 0.6) is 11.8 Å². The van der Waals surface area contributed by atoms with Crippen LogP contribution in [0.2, 0.25) is 0 Å². The van der Waals surface area contributed by atoms with Crippen LogP contribution in [-0.4, -0.2) is 56.2 Å². The third kappa shape index (κ3) is 4.51. The van der Waals surface area contributed by atoms with E-state index in [2.05, 4.69) is 20.3 Å². The number of hydrogen-bond donors (Lipinski definition) is 2. The molecule has 0 saturated carbocycles. The van der Waals surface area contributed by atoms with Crippen molar-refractivity contribution in [1.82, 2.24) is 19.7 Å². The number of amides is 2. The fourth-order valence-corrected chi connectivity index (χ4v) is 3.74. The van der Waals surface area contributed by atoms with Crippen LogP contribution in [0, 0.1) is 0 Å². The van der Waals surface area contributed by atoms with Crippen molar-refractivity contribution in [2.75, 3.05) is 26.1 Å². The maximum absolute atomic E-state index is 12.7. The average Bonchev–Trinajstić information content (AvgIpc) is 3.12. The summed E-state index contributed by atoms with van der Waals surface area (Å²) < 4.78 is 42.1. The van der Waals surface area contributed by atoms with E-state index in [0.717, 1.165) is 0 Å². The minimum Gasteiger partial charge on any atom is -0.481 e. The average molecular weight is 423 g/mol. The Bertz CT molecular complexity index is 1020. The molecular weight excluding hydrogens is 406 g/mol. The van der Waals surface area contributed by atoms with Crippen molar-refractivity contribution in [2.24, 2.45) is 0 Å². The number of pyridine rings is 1. The summed E-state index contributed by atoms with van der Waals surface area (Å²) in [6.07, 6.45) is 1.65. The van der Waals surface area contributed by atoms with Crippen molar-refractivity contribution >= 4 is 28.0 Å². The SMILES string of the molecule is COc1cc(OC)nc(NC(=O)NS(=O)(=O)c2cccnc2C2CCOC2=O)n1. The number of anilines is 1. The number of nitrogens with zero attached hydrogens (tertiary/aromatic N) is 3. The summed E-state index contributed by atoms with van der Waals surface area (Å²) in [4.78, 5) is 35.5. The van der Waals surface area contributed by atoms with Gasteiger partial charge in [0.05, 0.1) is 32.6 Å². The molecule has 12 nitrogen and oxygen atoms in total. The van der Waals surface area contributed by atoms with E-state index in [4.69, 9.17) is 14.2 Å². The van der Waals surface area contributed by atoms with Gasteiger partial charge in [0.2, 0.25) is 17.7 Å². The largest absolute Gasteiger partial charge is 0.481 e. The lowest BCUT2D eigenvalue weighted by molar-refractivity contribution is -0.139. The fraction of sp³-hybridized carbons (Fsp3) is 0.312. The van der Waals surface area contributed by atoms with Crippen molar-refractivity contribution in [1.29, 1.82) is 0 Å². The van der Waals surface area contributed by atoms with Gasteiger partial charge in [0.15, 0.2) is 0 Å². The normalized spacial score (nSPS) is 16.1. The number of esters is 1. The van der Waals surface area contributed by atoms with Crippen LogP contribution < -0.4 is 19.5 Å². The monoisotopic (exact) mass is 423 g/mol. The Balaban J connectivity index is 1.82. The van der Waals surface area contributed by atoms with Crippen molar-refractivity contribution in [3.05, 3.63) is 30.1 Å². The molecule has 0 bridgehead atoms. The summed E-state index contributed by atoms with van der Waals surface area (Å²) >= 11 is 0. The predicted octanol–water partition coefficient (Wildman–Crippen LogP) is 0.430. The number of nitrogens with one attached hydrogen (secondary N) is 2. The molecule has 3 heterocycles. The van der Waals surface area contributed by atoms with E-state index in [-0.39, 0.29) is 34.9 Å². The maximum atomic E-state index is 12.7. The molecule has 2 aromatic heterocycles. The lowest BCUT2D eigenvalue weighted by atomic mass is 10.0. The second-order valence-corrected chi connectivity index (χ2v) is 7.38. The first kappa shape index (κ1) is 20.3. The third-order valence-corrected chi connectivity index (χ3v) is 5.28. The van der Waals surface area contributed by atoms with Gasteiger partial charge in [-0.15, -0.1) is 0 Å². The molecule has 1 aliphatic heterocycles. The lowest BCUT2D eigenvalue weighted by Gasteiger charge is -2.13. The van der Waals surface area contributed by atoms with Crippen LogP contribution in [0.4, 0.5) is 10.7 Å². The smallest absolute Gasteiger partial charge is 0.335 e. The number of methoxy groups -OCH3 is 2. The molecule has 0 aromatic carbocycles. The Morgan fingerprint density at radius 1 is 1.24 bits per heavy atom. The third-order valence-electron chi connectivity index (χ3n) is 3.90. The highest BCUT2D eigenvalue weighted by Gasteiger charge is 2.34. The quantitative estimate of drug-likeness (QED) is 0.624. The molecule has 2 N–H and O–H groups in total. The van der Waals surface area contributed by atoms with Gasteiger partial charge in [0, 0.05) is 12.6 Å². The van der Waals surface area contributed by atoms with Crippen molar-refractivity contribution in [3.63, 3.8) is 0 Å². The Morgan fingerprint density at radius 3 is 2.52 bits per heavy atom. The van der Waals surface area contributed by atoms with Crippen LogP contribution in [0.3, 0.4) is 0 Å². The van der Waals surface area contributed by atoms with Crippen molar-refractivity contribution in [2.45, 2.75) is 17.2 Å². The lowest BCUT2D eigenvalue weighted by Crippen LogP contribution is -2.35. The molecule has 0 aliphatic carbocycles. The van der Waals surface area contributed by atoms with Crippen molar-refractivity contribution in [3.8, 4) is 11.8 Å². The van der Waals surface area contributed by atoms with Crippen LogP contribution in [0.1, 0.15) is 18.0 Å². The molecule has 154 valence electrons. The molecule has 1 fully saturated rings. The van der Waals surface area contributed by atoms with Gasteiger partial charge in [0.1, 0.15) is 10.8 Å². The molecule has 2 aromatic rings. The van der Waals surface area contributed by atoms with Gasteiger partial charge in [-0.25, -0.2) is 17.9 Å². The standard InChI is InChI=1S/C16H17N5O7S/c1-26-11-8-12(27-2)19-15(18-11)20-16(23)21-29(24,25)10-4-3-6-17-13(10)9-5-7-28-14(9)22/h3-4,6,8-9H,5,7H2,1-2H3,(H2,18,19,20,21,23). The number of sulfonamides is 1. The van der Waals surface area contributed by atoms with E-state index in [1.54, 1.807) is 0 Å². The zero-order valence-corrected chi connectivity index (χ0v) is 16.2. The summed E-state index contributed by atoms with van der Waals surface area (Å²) in [5.74, 6) is -1.42. The van der Waals surface area contributed by atoms with Gasteiger partial charge >= 0.3 is 12.0 Å². The molecule has 3 rings (SSSR count). The summed E-state index contributed by atoms with van der Waals surface area (Å²) in [7, 11) is -1.64. The zero-order valence-electron chi connectivity index (χ0n) is 15.4. The van der Waals surface area contributed by atoms with Crippen molar-refractivity contribution < 1.29 is 32.2 Å². The van der Waals surface area contributed by atoms with E-state index in [1.165, 1.54) is 38.6 Å². The number of hydrogen-bond acceptors (Lipinski definition) is 10. The van der Waals surface area contributed by atoms with E-state index in [0.29, 0.717) is 6.42 Å². The van der Waals surface area contributed by atoms with Crippen LogP contribution in [-0.2, 0) is 19.6 Å². The maximum Gasteiger partial charge on any atom is 0.335 e. The second-order valence-electron chi connectivity index (χ2n) is 5.73. The van der Waals surface area contributed by atoms with E-state index in [9.17, 15) is 18.0 Å². The van der Waals surface area contributed by atoms with Crippen LogP contribution in [0.15, 0.2) is 29.3 Å². The second kappa shape index (κ2) is 8.26.